The zero-order valence-corrected chi connectivity index (χ0v) is 12.1. The molecule has 3 nitrogen and oxygen atoms in total. The summed E-state index contributed by atoms with van der Waals surface area (Å²) in [6.45, 7) is 6.91. The molecule has 0 amide bonds. The Morgan fingerprint density at radius 2 is 1.94 bits per heavy atom. The summed E-state index contributed by atoms with van der Waals surface area (Å²) in [6.07, 6.45) is 0. The number of methoxy groups -OCH3 is 1. The van der Waals surface area contributed by atoms with Gasteiger partial charge >= 0.3 is 0 Å². The second-order valence-corrected chi connectivity index (χ2v) is 6.39. The minimum Gasteiger partial charge on any atom is -0.497 e. The highest BCUT2D eigenvalue weighted by molar-refractivity contribution is 8.14. The van der Waals surface area contributed by atoms with Gasteiger partial charge in [-0.25, -0.2) is 4.99 Å². The zero-order chi connectivity index (χ0) is 13.2. The molecule has 1 atom stereocenters. The van der Waals surface area contributed by atoms with Gasteiger partial charge in [0.05, 0.1) is 17.9 Å². The third kappa shape index (κ3) is 3.42. The molecule has 1 aliphatic rings. The van der Waals surface area contributed by atoms with E-state index in [4.69, 9.17) is 9.47 Å². The first-order valence-electron chi connectivity index (χ1n) is 6.01. The summed E-state index contributed by atoms with van der Waals surface area (Å²) in [5.41, 5.74) is 1.16. The van der Waals surface area contributed by atoms with Crippen LogP contribution in [0.15, 0.2) is 29.3 Å². The Bertz CT molecular complexity index is 434. The number of rotatable bonds is 2. The second kappa shape index (κ2) is 5.22. The first kappa shape index (κ1) is 13.3. The maximum Gasteiger partial charge on any atom is 0.247 e. The highest BCUT2D eigenvalue weighted by atomic mass is 32.2. The standard InChI is InChI=1S/C14H19NO2S/c1-14(2,3)15-13-17-9-12(18-13)10-5-7-11(16-4)8-6-10/h5-8,12H,9H2,1-4H3. The molecule has 18 heavy (non-hydrogen) atoms. The molecule has 1 unspecified atom stereocenters. The van der Waals surface area contributed by atoms with Gasteiger partial charge in [0.2, 0.25) is 5.23 Å². The van der Waals surface area contributed by atoms with E-state index in [0.29, 0.717) is 11.9 Å². The van der Waals surface area contributed by atoms with Gasteiger partial charge in [-0.05, 0) is 38.5 Å². The molecule has 1 aromatic carbocycles. The highest BCUT2D eigenvalue weighted by Crippen LogP contribution is 2.37. The van der Waals surface area contributed by atoms with E-state index in [0.717, 1.165) is 11.0 Å². The van der Waals surface area contributed by atoms with Gasteiger partial charge in [0.25, 0.3) is 0 Å². The number of benzene rings is 1. The fourth-order valence-corrected chi connectivity index (χ4v) is 2.79. The van der Waals surface area contributed by atoms with E-state index < -0.39 is 0 Å². The summed E-state index contributed by atoms with van der Waals surface area (Å²) < 4.78 is 10.8. The largest absolute Gasteiger partial charge is 0.497 e. The van der Waals surface area contributed by atoms with Gasteiger partial charge in [0, 0.05) is 0 Å². The number of nitrogens with zero attached hydrogens (tertiary/aromatic N) is 1. The Kier molecular flexibility index (Phi) is 3.85. The van der Waals surface area contributed by atoms with Gasteiger partial charge in [-0.3, -0.25) is 0 Å². The van der Waals surface area contributed by atoms with E-state index in [2.05, 4.69) is 37.9 Å². The summed E-state index contributed by atoms with van der Waals surface area (Å²) in [5, 5.41) is 1.13. The lowest BCUT2D eigenvalue weighted by Gasteiger charge is -2.11. The quantitative estimate of drug-likeness (QED) is 0.817. The van der Waals surface area contributed by atoms with Crippen molar-refractivity contribution in [3.63, 3.8) is 0 Å². The maximum absolute atomic E-state index is 5.63. The van der Waals surface area contributed by atoms with Crippen LogP contribution in [0.25, 0.3) is 0 Å². The molecule has 0 aliphatic carbocycles. The molecule has 1 fully saturated rings. The molecule has 1 saturated heterocycles. The molecular weight excluding hydrogens is 246 g/mol. The summed E-state index contributed by atoms with van der Waals surface area (Å²) in [7, 11) is 1.68. The van der Waals surface area contributed by atoms with Gasteiger partial charge in [-0.1, -0.05) is 23.9 Å². The minimum atomic E-state index is -0.0862. The van der Waals surface area contributed by atoms with E-state index in [-0.39, 0.29) is 5.54 Å². The predicted molar refractivity (Wildman–Crippen MR) is 76.5 cm³/mol. The van der Waals surface area contributed by atoms with Crippen molar-refractivity contribution >= 4 is 17.0 Å². The van der Waals surface area contributed by atoms with Crippen molar-refractivity contribution in [2.24, 2.45) is 4.99 Å². The van der Waals surface area contributed by atoms with Gasteiger partial charge in [-0.2, -0.15) is 0 Å². The molecular formula is C14H19NO2S. The molecule has 1 heterocycles. The fourth-order valence-electron chi connectivity index (χ4n) is 1.65. The van der Waals surface area contributed by atoms with E-state index in [9.17, 15) is 0 Å². The van der Waals surface area contributed by atoms with Crippen LogP contribution < -0.4 is 4.74 Å². The van der Waals surface area contributed by atoms with Crippen LogP contribution in [-0.4, -0.2) is 24.5 Å². The Balaban J connectivity index is 2.06. The number of ether oxygens (including phenoxy) is 2. The van der Waals surface area contributed by atoms with Crippen molar-refractivity contribution in [2.45, 2.75) is 31.6 Å². The van der Waals surface area contributed by atoms with E-state index >= 15 is 0 Å². The zero-order valence-electron chi connectivity index (χ0n) is 11.3. The topological polar surface area (TPSA) is 30.8 Å². The van der Waals surface area contributed by atoms with Crippen LogP contribution in [-0.2, 0) is 4.74 Å². The van der Waals surface area contributed by atoms with Gasteiger partial charge < -0.3 is 9.47 Å². The summed E-state index contributed by atoms with van der Waals surface area (Å²) in [5.74, 6) is 0.881. The predicted octanol–water partition coefficient (Wildman–Crippen LogP) is 3.65. The van der Waals surface area contributed by atoms with Gasteiger partial charge in [0.15, 0.2) is 0 Å². The van der Waals surface area contributed by atoms with Crippen LogP contribution in [0.5, 0.6) is 5.75 Å². The lowest BCUT2D eigenvalue weighted by atomic mass is 10.1. The normalized spacial score (nSPS) is 22.0. The van der Waals surface area contributed by atoms with Crippen molar-refractivity contribution in [3.8, 4) is 5.75 Å². The molecule has 4 heteroatoms. The third-order valence-electron chi connectivity index (χ3n) is 2.52. The first-order chi connectivity index (χ1) is 8.48. The first-order valence-corrected chi connectivity index (χ1v) is 6.89. The average molecular weight is 265 g/mol. The van der Waals surface area contributed by atoms with Crippen LogP contribution in [0.4, 0.5) is 0 Å². The Morgan fingerprint density at radius 1 is 1.28 bits per heavy atom. The Labute approximate surface area is 113 Å². The SMILES string of the molecule is COc1ccc(C2COC(=NC(C)(C)C)S2)cc1. The number of thioether (sulfide) groups is 1. The van der Waals surface area contributed by atoms with Crippen LogP contribution in [0.1, 0.15) is 31.6 Å². The van der Waals surface area contributed by atoms with E-state index in [1.54, 1.807) is 18.9 Å². The van der Waals surface area contributed by atoms with E-state index in [1.807, 2.05) is 12.1 Å². The van der Waals surface area contributed by atoms with Gasteiger partial charge in [-0.15, -0.1) is 0 Å². The molecule has 0 bridgehead atoms. The second-order valence-electron chi connectivity index (χ2n) is 5.24. The number of hydrogen-bond acceptors (Lipinski definition) is 4. The van der Waals surface area contributed by atoms with Crippen LogP contribution >= 0.6 is 11.8 Å². The number of aliphatic imine (C=N–C) groups is 1. The van der Waals surface area contributed by atoms with Gasteiger partial charge in [0.1, 0.15) is 12.4 Å². The van der Waals surface area contributed by atoms with Crippen molar-refractivity contribution in [3.05, 3.63) is 29.8 Å². The molecule has 0 saturated carbocycles. The minimum absolute atomic E-state index is 0.0862. The van der Waals surface area contributed by atoms with Crippen LogP contribution in [0.2, 0.25) is 0 Å². The molecule has 2 rings (SSSR count). The average Bonchev–Trinajstić information content (AvgIpc) is 2.75. The summed E-state index contributed by atoms with van der Waals surface area (Å²) >= 11 is 1.69. The molecule has 98 valence electrons. The Morgan fingerprint density at radius 3 is 2.50 bits per heavy atom. The number of hydrogen-bond donors (Lipinski definition) is 0. The molecule has 1 aliphatic heterocycles. The fraction of sp³-hybridized carbons (Fsp3) is 0.500. The Hall–Kier alpha value is -1.16. The smallest absolute Gasteiger partial charge is 0.247 e. The van der Waals surface area contributed by atoms with Crippen molar-refractivity contribution in [1.29, 1.82) is 0 Å². The molecule has 0 N–H and O–H groups in total. The molecule has 0 radical (unpaired) electrons. The molecule has 0 aromatic heterocycles. The van der Waals surface area contributed by atoms with Crippen LogP contribution in [0, 0.1) is 0 Å². The maximum atomic E-state index is 5.63. The van der Waals surface area contributed by atoms with Crippen molar-refractivity contribution in [1.82, 2.24) is 0 Å². The highest BCUT2D eigenvalue weighted by Gasteiger charge is 2.26. The summed E-state index contributed by atoms with van der Waals surface area (Å²) in [6, 6.07) is 8.13. The lowest BCUT2D eigenvalue weighted by molar-refractivity contribution is 0.324. The lowest BCUT2D eigenvalue weighted by Crippen LogP contribution is -2.12. The molecule has 0 spiro atoms. The van der Waals surface area contributed by atoms with Crippen molar-refractivity contribution in [2.75, 3.05) is 13.7 Å². The van der Waals surface area contributed by atoms with Crippen molar-refractivity contribution < 1.29 is 9.47 Å². The monoisotopic (exact) mass is 265 g/mol. The van der Waals surface area contributed by atoms with Crippen LogP contribution in [0.3, 0.4) is 0 Å². The third-order valence-corrected chi connectivity index (χ3v) is 3.62. The van der Waals surface area contributed by atoms with E-state index in [1.165, 1.54) is 5.56 Å². The molecule has 1 aromatic rings. The summed E-state index contributed by atoms with van der Waals surface area (Å²) in [4.78, 5) is 4.55.